The number of furan rings is 1. The highest BCUT2D eigenvalue weighted by atomic mass is 19.1. The second-order valence-electron chi connectivity index (χ2n) is 2.78. The fourth-order valence-electron chi connectivity index (χ4n) is 1.06. The number of carbonyl (C=O) groups is 1. The topological polar surface area (TPSA) is 59.7 Å². The van der Waals surface area contributed by atoms with Crippen molar-refractivity contribution in [2.45, 2.75) is 13.0 Å². The summed E-state index contributed by atoms with van der Waals surface area (Å²) >= 11 is 0. The molecule has 5 heteroatoms. The van der Waals surface area contributed by atoms with Gasteiger partial charge in [0.1, 0.15) is 29.9 Å². The molecule has 4 nitrogen and oxygen atoms in total. The fourth-order valence-corrected chi connectivity index (χ4v) is 1.06. The van der Waals surface area contributed by atoms with Crippen molar-refractivity contribution < 1.29 is 23.4 Å². The molecule has 0 aliphatic heterocycles. The number of ether oxygens (including phenoxy) is 1. The zero-order valence-electron chi connectivity index (χ0n) is 7.91. The number of esters is 1. The molecule has 0 spiro atoms. The van der Waals surface area contributed by atoms with Crippen molar-refractivity contribution in [1.82, 2.24) is 0 Å². The van der Waals surface area contributed by atoms with Crippen LogP contribution < -0.4 is 0 Å². The average Bonchev–Trinajstić information content (AvgIpc) is 2.58. The quantitative estimate of drug-likeness (QED) is 0.752. The van der Waals surface area contributed by atoms with Gasteiger partial charge in [-0.05, 0) is 13.0 Å². The monoisotopic (exact) mass is 202 g/mol. The van der Waals surface area contributed by atoms with Crippen LogP contribution in [0.1, 0.15) is 28.0 Å². The molecule has 0 radical (unpaired) electrons. The molecule has 1 aromatic rings. The molecule has 0 aromatic carbocycles. The van der Waals surface area contributed by atoms with Crippen molar-refractivity contribution in [3.8, 4) is 0 Å². The van der Waals surface area contributed by atoms with Crippen LogP contribution in [-0.2, 0) is 4.74 Å². The number of aliphatic hydroxyl groups excluding tert-OH is 1. The minimum absolute atomic E-state index is 0.0328. The molecule has 0 amide bonds. The molecule has 14 heavy (non-hydrogen) atoms. The maximum atomic E-state index is 12.1. The molecular weight excluding hydrogens is 191 g/mol. The second kappa shape index (κ2) is 4.23. The fraction of sp³-hybridized carbons (Fsp3) is 0.444. The van der Waals surface area contributed by atoms with Gasteiger partial charge in [-0.25, -0.2) is 9.18 Å². The van der Waals surface area contributed by atoms with Gasteiger partial charge in [0.25, 0.3) is 0 Å². The molecular formula is C9H11FO4. The van der Waals surface area contributed by atoms with Crippen LogP contribution in [0.25, 0.3) is 0 Å². The number of aliphatic hydroxyl groups is 1. The molecule has 1 rings (SSSR count). The van der Waals surface area contributed by atoms with Crippen LogP contribution in [0.2, 0.25) is 0 Å². The summed E-state index contributed by atoms with van der Waals surface area (Å²) < 4.78 is 21.5. The molecule has 1 aromatic heterocycles. The van der Waals surface area contributed by atoms with E-state index in [1.54, 1.807) is 6.92 Å². The number of hydrogen-bond acceptors (Lipinski definition) is 4. The van der Waals surface area contributed by atoms with Gasteiger partial charge in [-0.2, -0.15) is 0 Å². The van der Waals surface area contributed by atoms with E-state index >= 15 is 0 Å². The summed E-state index contributed by atoms with van der Waals surface area (Å²) in [7, 11) is 1.24. The number of rotatable bonds is 3. The van der Waals surface area contributed by atoms with E-state index in [0.717, 1.165) is 0 Å². The molecule has 1 heterocycles. The zero-order chi connectivity index (χ0) is 10.7. The van der Waals surface area contributed by atoms with Gasteiger partial charge in [-0.3, -0.25) is 0 Å². The summed E-state index contributed by atoms with van der Waals surface area (Å²) in [5.41, 5.74) is 0.204. The summed E-state index contributed by atoms with van der Waals surface area (Å²) in [6, 6.07) is 1.28. The zero-order valence-corrected chi connectivity index (χ0v) is 7.91. The van der Waals surface area contributed by atoms with Crippen molar-refractivity contribution >= 4 is 5.97 Å². The molecule has 0 fully saturated rings. The first-order valence-electron chi connectivity index (χ1n) is 4.02. The molecule has 1 N–H and O–H groups in total. The third kappa shape index (κ3) is 1.93. The third-order valence-electron chi connectivity index (χ3n) is 1.82. The van der Waals surface area contributed by atoms with Gasteiger partial charge >= 0.3 is 5.97 Å². The van der Waals surface area contributed by atoms with E-state index in [4.69, 9.17) is 9.52 Å². The average molecular weight is 202 g/mol. The van der Waals surface area contributed by atoms with Gasteiger partial charge in [0.05, 0.1) is 7.11 Å². The van der Waals surface area contributed by atoms with Crippen LogP contribution in [0.15, 0.2) is 10.5 Å². The van der Waals surface area contributed by atoms with E-state index in [1.807, 2.05) is 0 Å². The van der Waals surface area contributed by atoms with E-state index in [1.165, 1.54) is 13.2 Å². The Morgan fingerprint density at radius 1 is 1.79 bits per heavy atom. The Morgan fingerprint density at radius 2 is 2.43 bits per heavy atom. The summed E-state index contributed by atoms with van der Waals surface area (Å²) in [6.07, 6.45) is -1.33. The number of carbonyl (C=O) groups excluding carboxylic acids is 1. The number of alkyl halides is 1. The number of hydrogen-bond donors (Lipinski definition) is 1. The largest absolute Gasteiger partial charge is 0.465 e. The SMILES string of the molecule is COC(=O)c1cc(C(O)CF)oc1C. The van der Waals surface area contributed by atoms with Crippen molar-refractivity contribution in [1.29, 1.82) is 0 Å². The molecule has 1 atom stereocenters. The Kier molecular flexibility index (Phi) is 3.24. The maximum Gasteiger partial charge on any atom is 0.341 e. The van der Waals surface area contributed by atoms with Crippen LogP contribution in [0.5, 0.6) is 0 Å². The Bertz CT molecular complexity index is 332. The third-order valence-corrected chi connectivity index (χ3v) is 1.82. The van der Waals surface area contributed by atoms with Gasteiger partial charge in [0.15, 0.2) is 0 Å². The van der Waals surface area contributed by atoms with Crippen molar-refractivity contribution in [2.24, 2.45) is 0 Å². The van der Waals surface area contributed by atoms with Crippen LogP contribution >= 0.6 is 0 Å². The Hall–Kier alpha value is -1.36. The highest BCUT2D eigenvalue weighted by molar-refractivity contribution is 5.90. The number of halogens is 1. The minimum Gasteiger partial charge on any atom is -0.465 e. The predicted molar refractivity (Wildman–Crippen MR) is 45.7 cm³/mol. The lowest BCUT2D eigenvalue weighted by molar-refractivity contribution is 0.0599. The van der Waals surface area contributed by atoms with E-state index in [0.29, 0.717) is 5.76 Å². The lowest BCUT2D eigenvalue weighted by Gasteiger charge is -1.98. The molecule has 0 bridgehead atoms. The number of methoxy groups -OCH3 is 1. The van der Waals surface area contributed by atoms with Crippen LogP contribution in [0.3, 0.4) is 0 Å². The van der Waals surface area contributed by atoms with Crippen LogP contribution in [-0.4, -0.2) is 24.9 Å². The van der Waals surface area contributed by atoms with Crippen LogP contribution in [0.4, 0.5) is 4.39 Å². The number of aryl methyl sites for hydroxylation is 1. The van der Waals surface area contributed by atoms with Gasteiger partial charge < -0.3 is 14.3 Å². The van der Waals surface area contributed by atoms with Gasteiger partial charge in [0.2, 0.25) is 0 Å². The Balaban J connectivity index is 2.98. The highest BCUT2D eigenvalue weighted by Gasteiger charge is 2.19. The normalized spacial score (nSPS) is 12.6. The lowest BCUT2D eigenvalue weighted by Crippen LogP contribution is -2.01. The Morgan fingerprint density at radius 3 is 2.93 bits per heavy atom. The first-order chi connectivity index (χ1) is 6.60. The summed E-state index contributed by atoms with van der Waals surface area (Å²) in [5.74, 6) is -0.228. The van der Waals surface area contributed by atoms with E-state index in [-0.39, 0.29) is 11.3 Å². The first kappa shape index (κ1) is 10.7. The van der Waals surface area contributed by atoms with E-state index < -0.39 is 18.7 Å². The molecule has 0 saturated carbocycles. The van der Waals surface area contributed by atoms with Crippen molar-refractivity contribution in [2.75, 3.05) is 13.8 Å². The van der Waals surface area contributed by atoms with Crippen molar-refractivity contribution in [3.05, 3.63) is 23.2 Å². The minimum atomic E-state index is -1.33. The molecule has 0 saturated heterocycles. The predicted octanol–water partition coefficient (Wildman–Crippen LogP) is 1.38. The maximum absolute atomic E-state index is 12.1. The molecule has 0 aliphatic rings. The highest BCUT2D eigenvalue weighted by Crippen LogP contribution is 2.21. The standard InChI is InChI=1S/C9H11FO4/c1-5-6(9(12)13-2)3-8(14-5)7(11)4-10/h3,7,11H,4H2,1-2H3. The molecule has 0 aliphatic carbocycles. The van der Waals surface area contributed by atoms with Gasteiger partial charge in [-0.15, -0.1) is 0 Å². The smallest absolute Gasteiger partial charge is 0.341 e. The molecule has 1 unspecified atom stereocenters. The summed E-state index contributed by atoms with van der Waals surface area (Å²) in [6.45, 7) is 0.592. The van der Waals surface area contributed by atoms with E-state index in [9.17, 15) is 9.18 Å². The first-order valence-corrected chi connectivity index (χ1v) is 4.02. The molecule has 78 valence electrons. The van der Waals surface area contributed by atoms with Crippen LogP contribution in [0, 0.1) is 6.92 Å². The summed E-state index contributed by atoms with van der Waals surface area (Å²) in [4.78, 5) is 11.1. The summed E-state index contributed by atoms with van der Waals surface area (Å²) in [5, 5.41) is 9.10. The van der Waals surface area contributed by atoms with E-state index in [2.05, 4.69) is 4.74 Å². The Labute approximate surface area is 80.3 Å². The second-order valence-corrected chi connectivity index (χ2v) is 2.78. The lowest BCUT2D eigenvalue weighted by atomic mass is 10.2. The van der Waals surface area contributed by atoms with Crippen molar-refractivity contribution in [3.63, 3.8) is 0 Å². The van der Waals surface area contributed by atoms with Gasteiger partial charge in [0, 0.05) is 0 Å². The van der Waals surface area contributed by atoms with Gasteiger partial charge in [-0.1, -0.05) is 0 Å².